The van der Waals surface area contributed by atoms with Gasteiger partial charge >= 0.3 is 0 Å². The molecule has 4 rings (SSSR count). The van der Waals surface area contributed by atoms with Gasteiger partial charge in [-0.05, 0) is 48.9 Å². The zero-order chi connectivity index (χ0) is 19.7. The van der Waals surface area contributed by atoms with E-state index < -0.39 is 0 Å². The van der Waals surface area contributed by atoms with E-state index in [2.05, 4.69) is 27.6 Å². The third-order valence-corrected chi connectivity index (χ3v) is 4.61. The molecule has 0 fully saturated rings. The number of hydrogen-bond donors (Lipinski definition) is 2. The Morgan fingerprint density at radius 2 is 2.04 bits per heavy atom. The third-order valence-electron chi connectivity index (χ3n) is 4.34. The quantitative estimate of drug-likeness (QED) is 0.519. The monoisotopic (exact) mass is 390 g/mol. The van der Waals surface area contributed by atoms with Crippen molar-refractivity contribution in [3.8, 4) is 11.4 Å². The van der Waals surface area contributed by atoms with E-state index in [1.807, 2.05) is 42.0 Å². The maximum atomic E-state index is 12.2. The molecule has 0 saturated carbocycles. The molecule has 0 spiro atoms. The van der Waals surface area contributed by atoms with Crippen molar-refractivity contribution >= 4 is 35.7 Å². The maximum Gasteiger partial charge on any atom is 0.259 e. The van der Waals surface area contributed by atoms with Crippen LogP contribution in [0.4, 0.5) is 0 Å². The first-order chi connectivity index (χ1) is 13.5. The van der Waals surface area contributed by atoms with Crippen molar-refractivity contribution in [2.24, 2.45) is 0 Å². The lowest BCUT2D eigenvalue weighted by molar-refractivity contribution is 0.413. The molecule has 0 aliphatic heterocycles. The molecular weight excluding hydrogens is 372 g/mol. The number of benzene rings is 2. The molecule has 0 amide bonds. The second-order valence-electron chi connectivity index (χ2n) is 6.34. The van der Waals surface area contributed by atoms with Crippen molar-refractivity contribution in [2.75, 3.05) is 7.11 Å². The van der Waals surface area contributed by atoms with Gasteiger partial charge in [-0.2, -0.15) is 0 Å². The van der Waals surface area contributed by atoms with Gasteiger partial charge in [0, 0.05) is 11.1 Å². The molecule has 7 heteroatoms. The molecule has 28 heavy (non-hydrogen) atoms. The second-order valence-corrected chi connectivity index (χ2v) is 6.86. The molecule has 4 aromatic rings. The second kappa shape index (κ2) is 7.36. The van der Waals surface area contributed by atoms with Crippen molar-refractivity contribution in [3.05, 3.63) is 76.4 Å². The Bertz CT molecular complexity index is 1260. The van der Waals surface area contributed by atoms with Gasteiger partial charge in [-0.3, -0.25) is 4.79 Å². The lowest BCUT2D eigenvalue weighted by Gasteiger charge is -2.10. The van der Waals surface area contributed by atoms with E-state index in [9.17, 15) is 4.79 Å². The SMILES string of the molecule is COc1cc(/C=C/c2nc3cc(S)ccc3c(=O)[nH]2)ccc1-n1cnc(C)c1. The number of rotatable bonds is 4. The Morgan fingerprint density at radius 1 is 1.18 bits per heavy atom. The number of imidazole rings is 1. The molecule has 0 atom stereocenters. The van der Waals surface area contributed by atoms with E-state index >= 15 is 0 Å². The summed E-state index contributed by atoms with van der Waals surface area (Å²) in [4.78, 5) is 24.5. The van der Waals surface area contributed by atoms with Gasteiger partial charge in [0.2, 0.25) is 0 Å². The molecule has 0 radical (unpaired) electrons. The number of aryl methyl sites for hydroxylation is 1. The fourth-order valence-corrected chi connectivity index (χ4v) is 3.16. The molecule has 140 valence electrons. The minimum Gasteiger partial charge on any atom is -0.495 e. The number of methoxy groups -OCH3 is 1. The third kappa shape index (κ3) is 3.57. The molecule has 0 bridgehead atoms. The van der Waals surface area contributed by atoms with Gasteiger partial charge in [-0.1, -0.05) is 12.1 Å². The molecule has 2 aromatic heterocycles. The topological polar surface area (TPSA) is 72.8 Å². The molecule has 6 nitrogen and oxygen atoms in total. The molecule has 0 unspecified atom stereocenters. The Balaban J connectivity index is 1.68. The van der Waals surface area contributed by atoms with Crippen LogP contribution in [0.1, 0.15) is 17.1 Å². The largest absolute Gasteiger partial charge is 0.495 e. The van der Waals surface area contributed by atoms with Crippen LogP contribution < -0.4 is 10.3 Å². The zero-order valence-electron chi connectivity index (χ0n) is 15.4. The first-order valence-corrected chi connectivity index (χ1v) is 9.08. The summed E-state index contributed by atoms with van der Waals surface area (Å²) in [5.41, 5.74) is 3.18. The summed E-state index contributed by atoms with van der Waals surface area (Å²) in [6.07, 6.45) is 7.33. The van der Waals surface area contributed by atoms with Crippen LogP contribution >= 0.6 is 12.6 Å². The minimum atomic E-state index is -0.179. The number of hydrogen-bond acceptors (Lipinski definition) is 5. The van der Waals surface area contributed by atoms with Crippen molar-refractivity contribution in [2.45, 2.75) is 11.8 Å². The molecule has 0 aliphatic rings. The summed E-state index contributed by atoms with van der Waals surface area (Å²) in [6.45, 7) is 1.94. The fraction of sp³-hybridized carbons (Fsp3) is 0.0952. The predicted octanol–water partition coefficient (Wildman–Crippen LogP) is 3.88. The molecule has 2 aromatic carbocycles. The Hall–Kier alpha value is -3.32. The smallest absolute Gasteiger partial charge is 0.259 e. The molecule has 0 aliphatic carbocycles. The summed E-state index contributed by atoms with van der Waals surface area (Å²) in [6, 6.07) is 11.1. The van der Waals surface area contributed by atoms with Crippen molar-refractivity contribution < 1.29 is 4.74 Å². The Labute approximate surface area is 167 Å². The Morgan fingerprint density at radius 3 is 2.79 bits per heavy atom. The lowest BCUT2D eigenvalue weighted by Crippen LogP contribution is -2.09. The van der Waals surface area contributed by atoms with Gasteiger partial charge in [0.05, 0.1) is 35.7 Å². The van der Waals surface area contributed by atoms with Crippen LogP contribution in [0.5, 0.6) is 5.75 Å². The first-order valence-electron chi connectivity index (χ1n) is 8.63. The summed E-state index contributed by atoms with van der Waals surface area (Å²) in [5.74, 6) is 1.20. The van der Waals surface area contributed by atoms with Crippen LogP contribution in [0.2, 0.25) is 0 Å². The van der Waals surface area contributed by atoms with E-state index in [-0.39, 0.29) is 5.56 Å². The number of ether oxygens (including phenoxy) is 1. The molecule has 1 N–H and O–H groups in total. The van der Waals surface area contributed by atoms with Crippen LogP contribution in [-0.2, 0) is 0 Å². The number of aromatic nitrogens is 4. The summed E-state index contributed by atoms with van der Waals surface area (Å²) < 4.78 is 7.44. The highest BCUT2D eigenvalue weighted by Gasteiger charge is 2.07. The highest BCUT2D eigenvalue weighted by molar-refractivity contribution is 7.80. The number of aromatic amines is 1. The van der Waals surface area contributed by atoms with Gasteiger partial charge in [0.25, 0.3) is 5.56 Å². The average molecular weight is 390 g/mol. The van der Waals surface area contributed by atoms with Crippen LogP contribution in [0.15, 0.2) is 58.6 Å². The highest BCUT2D eigenvalue weighted by atomic mass is 32.1. The van der Waals surface area contributed by atoms with E-state index in [1.54, 1.807) is 37.7 Å². The number of fused-ring (bicyclic) bond motifs is 1. The van der Waals surface area contributed by atoms with Crippen molar-refractivity contribution in [3.63, 3.8) is 0 Å². The van der Waals surface area contributed by atoms with Crippen molar-refractivity contribution in [1.29, 1.82) is 0 Å². The van der Waals surface area contributed by atoms with Gasteiger partial charge in [-0.25, -0.2) is 9.97 Å². The van der Waals surface area contributed by atoms with Crippen molar-refractivity contribution in [1.82, 2.24) is 19.5 Å². The van der Waals surface area contributed by atoms with Gasteiger partial charge in [-0.15, -0.1) is 12.6 Å². The first kappa shape index (κ1) is 18.1. The summed E-state index contributed by atoms with van der Waals surface area (Å²) in [5, 5.41) is 0.539. The number of thiol groups is 1. The average Bonchev–Trinajstić information content (AvgIpc) is 3.12. The van der Waals surface area contributed by atoms with Crippen LogP contribution in [0, 0.1) is 6.92 Å². The molecule has 0 saturated heterocycles. The summed E-state index contributed by atoms with van der Waals surface area (Å²) >= 11 is 4.31. The van der Waals surface area contributed by atoms with Crippen LogP contribution in [0.3, 0.4) is 0 Å². The highest BCUT2D eigenvalue weighted by Crippen LogP contribution is 2.25. The molecular formula is C21H18N4O2S. The number of nitrogens with one attached hydrogen (secondary N) is 1. The predicted molar refractivity (Wildman–Crippen MR) is 113 cm³/mol. The van der Waals surface area contributed by atoms with E-state index in [0.717, 1.165) is 27.6 Å². The van der Waals surface area contributed by atoms with Crippen LogP contribution in [0.25, 0.3) is 28.7 Å². The van der Waals surface area contributed by atoms with Gasteiger partial charge < -0.3 is 14.3 Å². The van der Waals surface area contributed by atoms with Gasteiger partial charge in [0.1, 0.15) is 11.6 Å². The fourth-order valence-electron chi connectivity index (χ4n) is 2.96. The number of nitrogens with zero attached hydrogens (tertiary/aromatic N) is 3. The standard InChI is InChI=1S/C21H18N4O2S/c1-13-11-25(12-22-13)18-7-3-14(9-19(18)27-2)4-8-20-23-17-10-15(28)5-6-16(17)21(26)24-20/h3-12,28H,1-2H3,(H,23,24,26)/b8-4+. The van der Waals surface area contributed by atoms with E-state index in [4.69, 9.17) is 4.74 Å². The maximum absolute atomic E-state index is 12.2. The van der Waals surface area contributed by atoms with E-state index in [1.165, 1.54) is 0 Å². The number of H-pyrrole nitrogens is 1. The Kier molecular flexibility index (Phi) is 4.75. The van der Waals surface area contributed by atoms with E-state index in [0.29, 0.717) is 16.7 Å². The lowest BCUT2D eigenvalue weighted by atomic mass is 10.1. The zero-order valence-corrected chi connectivity index (χ0v) is 16.3. The van der Waals surface area contributed by atoms with Crippen LogP contribution in [-0.4, -0.2) is 26.6 Å². The normalized spacial score (nSPS) is 11.4. The van der Waals surface area contributed by atoms with Gasteiger partial charge in [0.15, 0.2) is 0 Å². The minimum absolute atomic E-state index is 0.179. The summed E-state index contributed by atoms with van der Waals surface area (Å²) in [7, 11) is 1.63. The molecule has 2 heterocycles.